The number of carbonyl (C=O) groups excluding carboxylic acids is 2. The molecule has 0 radical (unpaired) electrons. The second-order valence-corrected chi connectivity index (χ2v) is 6.00. The highest BCUT2D eigenvalue weighted by atomic mass is 16.2. The Hall–Kier alpha value is -1.30. The molecule has 0 atom stereocenters. The van der Waals surface area contributed by atoms with Gasteiger partial charge in [-0.2, -0.15) is 0 Å². The number of carbonyl (C=O) groups is 2. The molecule has 0 aromatic carbocycles. The first-order chi connectivity index (χ1) is 9.40. The van der Waals surface area contributed by atoms with Gasteiger partial charge in [-0.3, -0.25) is 4.79 Å². The summed E-state index contributed by atoms with van der Waals surface area (Å²) < 4.78 is 0. The van der Waals surface area contributed by atoms with Gasteiger partial charge in [-0.1, -0.05) is 13.8 Å². The largest absolute Gasteiger partial charge is 0.339 e. The minimum Gasteiger partial charge on any atom is -0.339 e. The van der Waals surface area contributed by atoms with Crippen molar-refractivity contribution < 1.29 is 9.59 Å². The number of nitrogens with zero attached hydrogens (tertiary/aromatic N) is 3. The van der Waals surface area contributed by atoms with Crippen molar-refractivity contribution in [1.29, 1.82) is 0 Å². The first-order valence-electron chi connectivity index (χ1n) is 7.35. The standard InChI is InChI=1S/C14H28N4O2/c1-12(2)11-15-14(20)18-9-7-17(8-10-18)13(19)5-6-16(3)4/h12H,5-11H2,1-4H3,(H,15,20). The van der Waals surface area contributed by atoms with E-state index in [1.165, 1.54) is 0 Å². The first-order valence-corrected chi connectivity index (χ1v) is 7.35. The van der Waals surface area contributed by atoms with Gasteiger partial charge < -0.3 is 20.0 Å². The van der Waals surface area contributed by atoms with Crippen molar-refractivity contribution in [1.82, 2.24) is 20.0 Å². The fourth-order valence-corrected chi connectivity index (χ4v) is 2.04. The molecule has 0 bridgehead atoms. The van der Waals surface area contributed by atoms with Gasteiger partial charge in [0.15, 0.2) is 0 Å². The third kappa shape index (κ3) is 5.77. The molecule has 1 aliphatic heterocycles. The van der Waals surface area contributed by atoms with Crippen LogP contribution in [0.1, 0.15) is 20.3 Å². The van der Waals surface area contributed by atoms with E-state index in [1.807, 2.05) is 23.9 Å². The Morgan fingerprint density at radius 1 is 1.10 bits per heavy atom. The van der Waals surface area contributed by atoms with Crippen molar-refractivity contribution in [2.75, 3.05) is 53.4 Å². The van der Waals surface area contributed by atoms with Crippen LogP contribution >= 0.6 is 0 Å². The Bertz CT molecular complexity index is 291. The molecule has 0 aromatic heterocycles. The lowest BCUT2D eigenvalue weighted by molar-refractivity contribution is -0.132. The van der Waals surface area contributed by atoms with Crippen LogP contribution in [0, 0.1) is 5.92 Å². The maximum atomic E-state index is 12.0. The van der Waals surface area contributed by atoms with Gasteiger partial charge in [-0.05, 0) is 20.0 Å². The number of piperazine rings is 1. The average Bonchev–Trinajstić information content (AvgIpc) is 2.42. The van der Waals surface area contributed by atoms with E-state index < -0.39 is 0 Å². The second-order valence-electron chi connectivity index (χ2n) is 6.00. The summed E-state index contributed by atoms with van der Waals surface area (Å²) in [5, 5.41) is 2.91. The smallest absolute Gasteiger partial charge is 0.317 e. The predicted molar refractivity (Wildman–Crippen MR) is 79.6 cm³/mol. The van der Waals surface area contributed by atoms with Gasteiger partial charge in [0.05, 0.1) is 0 Å². The maximum absolute atomic E-state index is 12.0. The molecule has 0 spiro atoms. The van der Waals surface area contributed by atoms with Crippen LogP contribution in [0.25, 0.3) is 0 Å². The van der Waals surface area contributed by atoms with Crippen LogP contribution in [0.4, 0.5) is 4.79 Å². The topological polar surface area (TPSA) is 55.9 Å². The van der Waals surface area contributed by atoms with Crippen LogP contribution in [-0.2, 0) is 4.79 Å². The number of rotatable bonds is 5. The Morgan fingerprint density at radius 2 is 1.65 bits per heavy atom. The highest BCUT2D eigenvalue weighted by molar-refractivity contribution is 5.77. The molecule has 6 nitrogen and oxygen atoms in total. The summed E-state index contributed by atoms with van der Waals surface area (Å²) in [6.45, 7) is 8.13. The molecule has 0 aromatic rings. The summed E-state index contributed by atoms with van der Waals surface area (Å²) in [5.74, 6) is 0.633. The SMILES string of the molecule is CC(C)CNC(=O)N1CCN(C(=O)CCN(C)C)CC1. The third-order valence-corrected chi connectivity index (χ3v) is 3.35. The second kappa shape index (κ2) is 8.09. The molecule has 1 N–H and O–H groups in total. The summed E-state index contributed by atoms with van der Waals surface area (Å²) in [4.78, 5) is 29.5. The number of nitrogens with one attached hydrogen (secondary N) is 1. The molecule has 1 aliphatic rings. The third-order valence-electron chi connectivity index (χ3n) is 3.35. The molecule has 3 amide bonds. The van der Waals surface area contributed by atoms with E-state index in [-0.39, 0.29) is 11.9 Å². The van der Waals surface area contributed by atoms with Crippen molar-refractivity contribution >= 4 is 11.9 Å². The van der Waals surface area contributed by atoms with Crippen LogP contribution in [0.15, 0.2) is 0 Å². The molecule has 116 valence electrons. The minimum absolute atomic E-state index is 0.0147. The van der Waals surface area contributed by atoms with Crippen molar-refractivity contribution in [3.63, 3.8) is 0 Å². The van der Waals surface area contributed by atoms with Gasteiger partial charge in [0.25, 0.3) is 0 Å². The zero-order chi connectivity index (χ0) is 15.1. The minimum atomic E-state index is -0.0147. The number of hydrogen-bond acceptors (Lipinski definition) is 3. The number of hydrogen-bond donors (Lipinski definition) is 1. The van der Waals surface area contributed by atoms with Crippen LogP contribution in [0.2, 0.25) is 0 Å². The Balaban J connectivity index is 2.28. The van der Waals surface area contributed by atoms with E-state index >= 15 is 0 Å². The summed E-state index contributed by atoms with van der Waals surface area (Å²) in [7, 11) is 3.93. The lowest BCUT2D eigenvalue weighted by Gasteiger charge is -2.35. The zero-order valence-corrected chi connectivity index (χ0v) is 13.2. The van der Waals surface area contributed by atoms with Gasteiger partial charge in [0, 0.05) is 45.7 Å². The Kier molecular flexibility index (Phi) is 6.78. The fraction of sp³-hybridized carbons (Fsp3) is 0.857. The molecule has 1 saturated heterocycles. The molecule has 0 aliphatic carbocycles. The molecule has 0 saturated carbocycles. The molecule has 0 unspecified atom stereocenters. The summed E-state index contributed by atoms with van der Waals surface area (Å²) in [6.07, 6.45) is 0.548. The first kappa shape index (κ1) is 16.8. The summed E-state index contributed by atoms with van der Waals surface area (Å²) in [5.41, 5.74) is 0. The highest BCUT2D eigenvalue weighted by Crippen LogP contribution is 2.04. The molecular formula is C14H28N4O2. The fourth-order valence-electron chi connectivity index (χ4n) is 2.04. The predicted octanol–water partition coefficient (Wildman–Crippen LogP) is 0.448. The van der Waals surface area contributed by atoms with E-state index in [0.29, 0.717) is 45.1 Å². The number of amides is 3. The normalized spacial score (nSPS) is 15.9. The van der Waals surface area contributed by atoms with Crippen LogP contribution in [-0.4, -0.2) is 80.0 Å². The Labute approximate surface area is 122 Å². The van der Waals surface area contributed by atoms with Crippen molar-refractivity contribution in [2.45, 2.75) is 20.3 Å². The van der Waals surface area contributed by atoms with E-state index in [4.69, 9.17) is 0 Å². The monoisotopic (exact) mass is 284 g/mol. The number of urea groups is 1. The molecule has 20 heavy (non-hydrogen) atoms. The van der Waals surface area contributed by atoms with Gasteiger partial charge in [-0.25, -0.2) is 4.79 Å². The quantitative estimate of drug-likeness (QED) is 0.797. The van der Waals surface area contributed by atoms with Crippen LogP contribution in [0.5, 0.6) is 0 Å². The van der Waals surface area contributed by atoms with E-state index in [0.717, 1.165) is 6.54 Å². The van der Waals surface area contributed by atoms with Gasteiger partial charge in [0.1, 0.15) is 0 Å². The lowest BCUT2D eigenvalue weighted by Crippen LogP contribution is -2.53. The van der Waals surface area contributed by atoms with Crippen LogP contribution in [0.3, 0.4) is 0 Å². The van der Waals surface area contributed by atoms with Crippen molar-refractivity contribution in [3.8, 4) is 0 Å². The van der Waals surface area contributed by atoms with Gasteiger partial charge in [-0.15, -0.1) is 0 Å². The molecule has 6 heteroatoms. The van der Waals surface area contributed by atoms with Crippen molar-refractivity contribution in [2.24, 2.45) is 5.92 Å². The Morgan fingerprint density at radius 3 is 2.15 bits per heavy atom. The van der Waals surface area contributed by atoms with Gasteiger partial charge >= 0.3 is 6.03 Å². The summed E-state index contributed by atoms with van der Waals surface area (Å²) in [6, 6.07) is -0.0147. The molecular weight excluding hydrogens is 256 g/mol. The van der Waals surface area contributed by atoms with Gasteiger partial charge in [0.2, 0.25) is 5.91 Å². The maximum Gasteiger partial charge on any atom is 0.317 e. The van der Waals surface area contributed by atoms with E-state index in [2.05, 4.69) is 19.2 Å². The van der Waals surface area contributed by atoms with E-state index in [1.54, 1.807) is 4.90 Å². The average molecular weight is 284 g/mol. The highest BCUT2D eigenvalue weighted by Gasteiger charge is 2.23. The lowest BCUT2D eigenvalue weighted by atomic mass is 10.2. The zero-order valence-electron chi connectivity index (χ0n) is 13.2. The summed E-state index contributed by atoms with van der Waals surface area (Å²) >= 11 is 0. The van der Waals surface area contributed by atoms with Crippen LogP contribution < -0.4 is 5.32 Å². The van der Waals surface area contributed by atoms with E-state index in [9.17, 15) is 9.59 Å². The molecule has 1 fully saturated rings. The molecule has 1 rings (SSSR count). The molecule has 1 heterocycles. The van der Waals surface area contributed by atoms with Crippen molar-refractivity contribution in [3.05, 3.63) is 0 Å².